The predicted octanol–water partition coefficient (Wildman–Crippen LogP) is 2.68. The summed E-state index contributed by atoms with van der Waals surface area (Å²) in [6.07, 6.45) is 2.18. The van der Waals surface area contributed by atoms with E-state index in [4.69, 9.17) is 0 Å². The Kier molecular flexibility index (Phi) is 4.44. The minimum atomic E-state index is -0.356. The number of nitrogens with one attached hydrogen (secondary N) is 1. The van der Waals surface area contributed by atoms with Gasteiger partial charge in [-0.25, -0.2) is 9.37 Å². The maximum Gasteiger partial charge on any atom is 0.229 e. The van der Waals surface area contributed by atoms with Crippen LogP contribution in [0.2, 0.25) is 0 Å². The number of carbonyl (C=O) groups excluding carboxylic acids is 3. The lowest BCUT2D eigenvalue weighted by Crippen LogP contribution is -2.32. The van der Waals surface area contributed by atoms with Gasteiger partial charge in [-0.05, 0) is 24.3 Å². The second-order valence-corrected chi connectivity index (χ2v) is 6.98. The Labute approximate surface area is 157 Å². The number of halogens is 1. The molecule has 7 nitrogen and oxygen atoms in total. The van der Waals surface area contributed by atoms with Crippen LogP contribution in [-0.2, 0) is 14.4 Å². The van der Waals surface area contributed by atoms with Crippen molar-refractivity contribution in [2.24, 2.45) is 0 Å². The number of amides is 3. The lowest BCUT2D eigenvalue weighted by atomic mass is 10.1. The third kappa shape index (κ3) is 3.33. The van der Waals surface area contributed by atoms with Gasteiger partial charge in [-0.1, -0.05) is 0 Å². The third-order valence-electron chi connectivity index (χ3n) is 4.35. The molecule has 2 aromatic heterocycles. The highest BCUT2D eigenvalue weighted by Crippen LogP contribution is 2.31. The maximum absolute atomic E-state index is 13.2. The van der Waals surface area contributed by atoms with E-state index in [1.54, 1.807) is 22.7 Å². The van der Waals surface area contributed by atoms with Crippen molar-refractivity contribution in [2.45, 2.75) is 19.3 Å². The van der Waals surface area contributed by atoms with Crippen LogP contribution in [0.3, 0.4) is 0 Å². The van der Waals surface area contributed by atoms with Gasteiger partial charge in [0.25, 0.3) is 0 Å². The van der Waals surface area contributed by atoms with Crippen LogP contribution in [0.1, 0.15) is 19.3 Å². The minimum Gasteiger partial charge on any atom is -0.310 e. The standard InChI is InChI=1S/C18H15FN4O3S/c19-12-3-1-11(2-4-12)16-17(23-9-10-27-18(23)21-16)20-13(24)7-8-22-14(25)5-6-15(22)26/h1-4,9-10H,5-8H2,(H,20,24). The van der Waals surface area contributed by atoms with E-state index in [2.05, 4.69) is 10.3 Å². The van der Waals surface area contributed by atoms with Gasteiger partial charge < -0.3 is 5.32 Å². The Morgan fingerprint density at radius 2 is 1.89 bits per heavy atom. The molecule has 0 unspecified atom stereocenters. The van der Waals surface area contributed by atoms with E-state index in [1.807, 2.05) is 5.38 Å². The van der Waals surface area contributed by atoms with Gasteiger partial charge in [-0.2, -0.15) is 0 Å². The number of benzene rings is 1. The summed E-state index contributed by atoms with van der Waals surface area (Å²) >= 11 is 1.41. The zero-order valence-corrected chi connectivity index (χ0v) is 15.0. The summed E-state index contributed by atoms with van der Waals surface area (Å²) < 4.78 is 15.0. The molecule has 3 amide bonds. The van der Waals surface area contributed by atoms with Crippen LogP contribution >= 0.6 is 11.3 Å². The molecule has 4 rings (SSSR count). The molecule has 0 spiro atoms. The molecule has 9 heteroatoms. The molecule has 1 aliphatic heterocycles. The van der Waals surface area contributed by atoms with Crippen molar-refractivity contribution in [3.8, 4) is 11.3 Å². The van der Waals surface area contributed by atoms with E-state index in [0.29, 0.717) is 22.0 Å². The highest BCUT2D eigenvalue weighted by molar-refractivity contribution is 7.15. The highest BCUT2D eigenvalue weighted by Gasteiger charge is 2.29. The van der Waals surface area contributed by atoms with Gasteiger partial charge in [0.1, 0.15) is 17.3 Å². The zero-order valence-electron chi connectivity index (χ0n) is 14.1. The van der Waals surface area contributed by atoms with Crippen molar-refractivity contribution in [3.63, 3.8) is 0 Å². The van der Waals surface area contributed by atoms with Crippen LogP contribution in [0.25, 0.3) is 16.2 Å². The maximum atomic E-state index is 13.2. The first-order valence-electron chi connectivity index (χ1n) is 8.37. The van der Waals surface area contributed by atoms with E-state index < -0.39 is 0 Å². The van der Waals surface area contributed by atoms with Gasteiger partial charge in [-0.3, -0.25) is 23.7 Å². The lowest BCUT2D eigenvalue weighted by Gasteiger charge is -2.13. The van der Waals surface area contributed by atoms with Crippen LogP contribution in [0, 0.1) is 5.82 Å². The van der Waals surface area contributed by atoms with Crippen LogP contribution in [0.4, 0.5) is 10.2 Å². The fourth-order valence-corrected chi connectivity index (χ4v) is 3.71. The summed E-state index contributed by atoms with van der Waals surface area (Å²) in [5.41, 5.74) is 1.20. The quantitative estimate of drug-likeness (QED) is 0.684. The van der Waals surface area contributed by atoms with Gasteiger partial charge in [0, 0.05) is 42.9 Å². The average molecular weight is 386 g/mol. The average Bonchev–Trinajstić information content (AvgIpc) is 3.31. The number of hydrogen-bond donors (Lipinski definition) is 1. The Hall–Kier alpha value is -3.07. The van der Waals surface area contributed by atoms with Crippen molar-refractivity contribution < 1.29 is 18.8 Å². The molecular formula is C18H15FN4O3S. The number of imidazole rings is 1. The molecule has 27 heavy (non-hydrogen) atoms. The number of nitrogens with zero attached hydrogens (tertiary/aromatic N) is 3. The first kappa shape index (κ1) is 17.3. The summed E-state index contributed by atoms with van der Waals surface area (Å²) in [7, 11) is 0. The fraction of sp³-hybridized carbons (Fsp3) is 0.222. The monoisotopic (exact) mass is 386 g/mol. The summed E-state index contributed by atoms with van der Waals surface area (Å²) in [6, 6.07) is 5.86. The second-order valence-electron chi connectivity index (χ2n) is 6.11. The molecule has 0 bridgehead atoms. The van der Waals surface area contributed by atoms with E-state index in [1.165, 1.54) is 23.5 Å². The van der Waals surface area contributed by atoms with E-state index >= 15 is 0 Å². The number of likely N-dealkylation sites (tertiary alicyclic amines) is 1. The number of thiazole rings is 1. The number of anilines is 1. The predicted molar refractivity (Wildman–Crippen MR) is 97.7 cm³/mol. The summed E-state index contributed by atoms with van der Waals surface area (Å²) in [5.74, 6) is -0.708. The Balaban J connectivity index is 1.55. The first-order valence-corrected chi connectivity index (χ1v) is 9.25. The SMILES string of the molecule is O=C(CCN1C(=O)CCC1=O)Nc1c(-c2ccc(F)cc2)nc2sccn12. The molecule has 1 aliphatic rings. The highest BCUT2D eigenvalue weighted by atomic mass is 32.1. The lowest BCUT2D eigenvalue weighted by molar-refractivity contribution is -0.138. The number of hydrogen-bond acceptors (Lipinski definition) is 5. The number of rotatable bonds is 5. The van der Waals surface area contributed by atoms with E-state index in [-0.39, 0.29) is 49.3 Å². The van der Waals surface area contributed by atoms with Crippen LogP contribution < -0.4 is 5.32 Å². The molecule has 0 atom stereocenters. The van der Waals surface area contributed by atoms with E-state index in [0.717, 1.165) is 4.90 Å². The van der Waals surface area contributed by atoms with Crippen molar-refractivity contribution in [2.75, 3.05) is 11.9 Å². The second kappa shape index (κ2) is 6.92. The van der Waals surface area contributed by atoms with E-state index in [9.17, 15) is 18.8 Å². The molecule has 138 valence electrons. The molecule has 1 fully saturated rings. The molecule has 0 radical (unpaired) electrons. The molecule has 1 N–H and O–H groups in total. The van der Waals surface area contributed by atoms with Gasteiger partial charge in [-0.15, -0.1) is 11.3 Å². The van der Waals surface area contributed by atoms with Crippen molar-refractivity contribution >= 4 is 39.8 Å². The van der Waals surface area contributed by atoms with Crippen LogP contribution in [0.15, 0.2) is 35.8 Å². The van der Waals surface area contributed by atoms with Gasteiger partial charge in [0.2, 0.25) is 17.7 Å². The first-order chi connectivity index (χ1) is 13.0. The van der Waals surface area contributed by atoms with Gasteiger partial charge in [0.15, 0.2) is 4.96 Å². The molecule has 0 saturated carbocycles. The normalized spacial score (nSPS) is 14.3. The molecule has 0 aliphatic carbocycles. The van der Waals surface area contributed by atoms with Crippen LogP contribution in [-0.4, -0.2) is 38.6 Å². The molecular weight excluding hydrogens is 371 g/mol. The van der Waals surface area contributed by atoms with Crippen molar-refractivity contribution in [1.82, 2.24) is 14.3 Å². The third-order valence-corrected chi connectivity index (χ3v) is 5.11. The topological polar surface area (TPSA) is 83.8 Å². The Bertz CT molecular complexity index is 1020. The molecule has 1 aromatic carbocycles. The smallest absolute Gasteiger partial charge is 0.229 e. The number of carbonyl (C=O) groups is 3. The minimum absolute atomic E-state index is 0.00227. The summed E-state index contributed by atoms with van der Waals surface area (Å²) in [5, 5.41) is 4.65. The number of fused-ring (bicyclic) bond motifs is 1. The zero-order chi connectivity index (χ0) is 19.0. The summed E-state index contributed by atoms with van der Waals surface area (Å²) in [4.78, 5) is 42.1. The number of imide groups is 1. The molecule has 1 saturated heterocycles. The van der Waals surface area contributed by atoms with Crippen LogP contribution in [0.5, 0.6) is 0 Å². The van der Waals surface area contributed by atoms with Gasteiger partial charge in [0.05, 0.1) is 0 Å². The van der Waals surface area contributed by atoms with Crippen molar-refractivity contribution in [1.29, 1.82) is 0 Å². The fourth-order valence-electron chi connectivity index (χ4n) is 2.99. The summed E-state index contributed by atoms with van der Waals surface area (Å²) in [6.45, 7) is 0.0565. The Morgan fingerprint density at radius 3 is 2.59 bits per heavy atom. The Morgan fingerprint density at radius 1 is 1.19 bits per heavy atom. The molecule has 3 heterocycles. The molecule has 3 aromatic rings. The van der Waals surface area contributed by atoms with Crippen molar-refractivity contribution in [3.05, 3.63) is 41.7 Å². The number of aromatic nitrogens is 2. The largest absolute Gasteiger partial charge is 0.310 e. The van der Waals surface area contributed by atoms with Gasteiger partial charge >= 0.3 is 0 Å².